The van der Waals surface area contributed by atoms with E-state index in [9.17, 15) is 9.59 Å². The van der Waals surface area contributed by atoms with Crippen LogP contribution in [0.3, 0.4) is 0 Å². The average Bonchev–Trinajstić information content (AvgIpc) is 2.63. The van der Waals surface area contributed by atoms with Crippen molar-refractivity contribution >= 4 is 23.4 Å². The summed E-state index contributed by atoms with van der Waals surface area (Å²) in [5, 5.41) is 5.85. The van der Waals surface area contributed by atoms with E-state index in [0.717, 1.165) is 18.5 Å². The maximum atomic E-state index is 12.2. The SMILES string of the molecule is CCc1cc(C(=O)NC2CCCCNC2=O)cc(Cl)n1. The van der Waals surface area contributed by atoms with Crippen molar-refractivity contribution in [2.24, 2.45) is 0 Å². The van der Waals surface area contributed by atoms with Gasteiger partial charge in [0.25, 0.3) is 5.91 Å². The van der Waals surface area contributed by atoms with Gasteiger partial charge in [0, 0.05) is 17.8 Å². The first kappa shape index (κ1) is 14.8. The molecule has 20 heavy (non-hydrogen) atoms. The molecular formula is C14H18ClN3O2. The van der Waals surface area contributed by atoms with Crippen LogP contribution in [0.2, 0.25) is 5.15 Å². The van der Waals surface area contributed by atoms with Gasteiger partial charge in [-0.3, -0.25) is 9.59 Å². The van der Waals surface area contributed by atoms with E-state index in [1.54, 1.807) is 6.07 Å². The molecule has 2 N–H and O–H groups in total. The smallest absolute Gasteiger partial charge is 0.252 e. The zero-order valence-electron chi connectivity index (χ0n) is 11.4. The van der Waals surface area contributed by atoms with Crippen LogP contribution in [0.4, 0.5) is 0 Å². The standard InChI is InChI=1S/C14H18ClN3O2/c1-2-10-7-9(8-12(15)17-10)13(19)18-11-5-3-4-6-16-14(11)20/h7-8,11H,2-6H2,1H3,(H,16,20)(H,18,19). The Morgan fingerprint density at radius 3 is 3.05 bits per heavy atom. The Bertz CT molecular complexity index is 519. The Balaban J connectivity index is 2.11. The molecule has 108 valence electrons. The van der Waals surface area contributed by atoms with Crippen molar-refractivity contribution in [3.8, 4) is 0 Å². The largest absolute Gasteiger partial charge is 0.354 e. The number of aromatic nitrogens is 1. The summed E-state index contributed by atoms with van der Waals surface area (Å²) in [4.78, 5) is 28.1. The summed E-state index contributed by atoms with van der Waals surface area (Å²) in [6.07, 6.45) is 3.22. The van der Waals surface area contributed by atoms with E-state index in [-0.39, 0.29) is 11.8 Å². The van der Waals surface area contributed by atoms with Crippen molar-refractivity contribution in [1.82, 2.24) is 15.6 Å². The van der Waals surface area contributed by atoms with E-state index < -0.39 is 6.04 Å². The van der Waals surface area contributed by atoms with E-state index in [0.29, 0.717) is 30.1 Å². The van der Waals surface area contributed by atoms with Crippen molar-refractivity contribution in [1.29, 1.82) is 0 Å². The fourth-order valence-corrected chi connectivity index (χ4v) is 2.41. The summed E-state index contributed by atoms with van der Waals surface area (Å²) >= 11 is 5.90. The second-order valence-electron chi connectivity index (χ2n) is 4.84. The van der Waals surface area contributed by atoms with E-state index in [1.165, 1.54) is 6.07 Å². The molecule has 5 nitrogen and oxygen atoms in total. The fraction of sp³-hybridized carbons (Fsp3) is 0.500. The molecule has 1 fully saturated rings. The average molecular weight is 296 g/mol. The molecule has 2 rings (SSSR count). The minimum Gasteiger partial charge on any atom is -0.354 e. The van der Waals surface area contributed by atoms with Crippen molar-refractivity contribution in [3.05, 3.63) is 28.5 Å². The van der Waals surface area contributed by atoms with Crippen LogP contribution in [-0.2, 0) is 11.2 Å². The molecule has 1 aliphatic heterocycles. The first-order valence-corrected chi connectivity index (χ1v) is 7.23. The van der Waals surface area contributed by atoms with Crippen LogP contribution in [0.5, 0.6) is 0 Å². The highest BCUT2D eigenvalue weighted by Crippen LogP contribution is 2.13. The van der Waals surface area contributed by atoms with Gasteiger partial charge in [0.1, 0.15) is 11.2 Å². The predicted molar refractivity (Wildman–Crippen MR) is 76.7 cm³/mol. The van der Waals surface area contributed by atoms with Crippen molar-refractivity contribution in [3.63, 3.8) is 0 Å². The number of nitrogens with one attached hydrogen (secondary N) is 2. The number of carbonyl (C=O) groups is 2. The lowest BCUT2D eigenvalue weighted by Gasteiger charge is -2.15. The molecule has 0 aromatic carbocycles. The molecule has 1 aromatic heterocycles. The number of halogens is 1. The first-order chi connectivity index (χ1) is 9.60. The minimum atomic E-state index is -0.470. The summed E-state index contributed by atoms with van der Waals surface area (Å²) in [7, 11) is 0. The van der Waals surface area contributed by atoms with Gasteiger partial charge in [0.2, 0.25) is 5.91 Å². The van der Waals surface area contributed by atoms with E-state index in [1.807, 2.05) is 6.92 Å². The third kappa shape index (κ3) is 3.70. The molecule has 1 atom stereocenters. The summed E-state index contributed by atoms with van der Waals surface area (Å²) in [5.41, 5.74) is 1.20. The number of pyridine rings is 1. The molecule has 0 saturated carbocycles. The molecule has 0 spiro atoms. The van der Waals surface area contributed by atoms with E-state index in [4.69, 9.17) is 11.6 Å². The third-order valence-electron chi connectivity index (χ3n) is 3.31. The Hall–Kier alpha value is -1.62. The molecule has 0 bridgehead atoms. The normalized spacial score (nSPS) is 19.1. The number of hydrogen-bond donors (Lipinski definition) is 2. The first-order valence-electron chi connectivity index (χ1n) is 6.85. The zero-order valence-corrected chi connectivity index (χ0v) is 12.2. The number of carbonyl (C=O) groups excluding carboxylic acids is 2. The van der Waals surface area contributed by atoms with Gasteiger partial charge >= 0.3 is 0 Å². The fourth-order valence-electron chi connectivity index (χ4n) is 2.18. The van der Waals surface area contributed by atoms with Crippen molar-refractivity contribution in [2.75, 3.05) is 6.54 Å². The molecule has 1 aliphatic rings. The van der Waals surface area contributed by atoms with Crippen LogP contribution in [-0.4, -0.2) is 29.4 Å². The zero-order chi connectivity index (χ0) is 14.5. The van der Waals surface area contributed by atoms with Gasteiger partial charge in [-0.15, -0.1) is 0 Å². The van der Waals surface area contributed by atoms with Crippen LogP contribution >= 0.6 is 11.6 Å². The molecule has 1 aromatic rings. The molecular weight excluding hydrogens is 278 g/mol. The van der Waals surface area contributed by atoms with E-state index in [2.05, 4.69) is 15.6 Å². The lowest BCUT2D eigenvalue weighted by atomic mass is 10.1. The molecule has 1 saturated heterocycles. The maximum absolute atomic E-state index is 12.2. The summed E-state index contributed by atoms with van der Waals surface area (Å²) in [5.74, 6) is -0.405. The topological polar surface area (TPSA) is 71.1 Å². The number of hydrogen-bond acceptors (Lipinski definition) is 3. The Kier molecular flexibility index (Phi) is 4.95. The quantitative estimate of drug-likeness (QED) is 0.834. The highest BCUT2D eigenvalue weighted by Gasteiger charge is 2.23. The van der Waals surface area contributed by atoms with Crippen molar-refractivity contribution < 1.29 is 9.59 Å². The van der Waals surface area contributed by atoms with Gasteiger partial charge in [-0.2, -0.15) is 0 Å². The summed E-state index contributed by atoms with van der Waals surface area (Å²) < 4.78 is 0. The van der Waals surface area contributed by atoms with Gasteiger partial charge < -0.3 is 10.6 Å². The second-order valence-corrected chi connectivity index (χ2v) is 5.22. The van der Waals surface area contributed by atoms with Gasteiger partial charge in [0.15, 0.2) is 0 Å². The maximum Gasteiger partial charge on any atom is 0.252 e. The van der Waals surface area contributed by atoms with Gasteiger partial charge in [0.05, 0.1) is 0 Å². The number of nitrogens with zero attached hydrogens (tertiary/aromatic N) is 1. The van der Waals surface area contributed by atoms with Crippen LogP contribution in [0.25, 0.3) is 0 Å². The highest BCUT2D eigenvalue weighted by molar-refractivity contribution is 6.29. The number of rotatable bonds is 3. The third-order valence-corrected chi connectivity index (χ3v) is 3.51. The molecule has 2 amide bonds. The van der Waals surface area contributed by atoms with Crippen LogP contribution < -0.4 is 10.6 Å². The number of amides is 2. The lowest BCUT2D eigenvalue weighted by molar-refractivity contribution is -0.122. The van der Waals surface area contributed by atoms with Crippen LogP contribution in [0, 0.1) is 0 Å². The lowest BCUT2D eigenvalue weighted by Crippen LogP contribution is -2.45. The minimum absolute atomic E-state index is 0.119. The summed E-state index contributed by atoms with van der Waals surface area (Å²) in [6.45, 7) is 2.62. The molecule has 2 heterocycles. The summed E-state index contributed by atoms with van der Waals surface area (Å²) in [6, 6.07) is 2.75. The Labute approximate surface area is 123 Å². The second kappa shape index (κ2) is 6.70. The highest BCUT2D eigenvalue weighted by atomic mass is 35.5. The Morgan fingerprint density at radius 1 is 1.50 bits per heavy atom. The van der Waals surface area contributed by atoms with Gasteiger partial charge in [-0.1, -0.05) is 18.5 Å². The van der Waals surface area contributed by atoms with Gasteiger partial charge in [-0.25, -0.2) is 4.98 Å². The molecule has 0 aliphatic carbocycles. The van der Waals surface area contributed by atoms with E-state index >= 15 is 0 Å². The van der Waals surface area contributed by atoms with Crippen molar-refractivity contribution in [2.45, 2.75) is 38.6 Å². The molecule has 6 heteroatoms. The molecule has 1 unspecified atom stereocenters. The van der Waals surface area contributed by atoms with Crippen LogP contribution in [0.15, 0.2) is 12.1 Å². The molecule has 0 radical (unpaired) electrons. The monoisotopic (exact) mass is 295 g/mol. The predicted octanol–water partition coefficient (Wildman–Crippen LogP) is 1.70. The Morgan fingerprint density at radius 2 is 2.30 bits per heavy atom. The van der Waals surface area contributed by atoms with Gasteiger partial charge in [-0.05, 0) is 37.8 Å². The van der Waals surface area contributed by atoms with Crippen LogP contribution in [0.1, 0.15) is 42.2 Å². The number of aryl methyl sites for hydroxylation is 1.